The van der Waals surface area contributed by atoms with Crippen LogP contribution in [0.1, 0.15) is 81.0 Å². The van der Waals surface area contributed by atoms with E-state index in [1.54, 1.807) is 0 Å². The number of rotatable bonds is 9. The van der Waals surface area contributed by atoms with Gasteiger partial charge in [-0.1, -0.05) is 12.2 Å². The third-order valence-corrected chi connectivity index (χ3v) is 6.53. The van der Waals surface area contributed by atoms with Crippen molar-refractivity contribution in [2.45, 2.75) is 82.8 Å². The lowest BCUT2D eigenvalue weighted by Gasteiger charge is -2.28. The van der Waals surface area contributed by atoms with Crippen LogP contribution in [0.2, 0.25) is 0 Å². The maximum atomic E-state index is 12.5. The van der Waals surface area contributed by atoms with E-state index >= 15 is 0 Å². The predicted octanol–water partition coefficient (Wildman–Crippen LogP) is 6.88. The van der Waals surface area contributed by atoms with E-state index in [2.05, 4.69) is 13.2 Å². The molecule has 29 heavy (non-hydrogen) atoms. The molecule has 3 rings (SSSR count). The second kappa shape index (κ2) is 11.2. The minimum Gasteiger partial charge on any atom is -0.490 e. The van der Waals surface area contributed by atoms with Gasteiger partial charge in [-0.2, -0.15) is 0 Å². The summed E-state index contributed by atoms with van der Waals surface area (Å²) in [5.41, 5.74) is 0.612. The first-order valence-electron chi connectivity index (χ1n) is 11.4. The van der Waals surface area contributed by atoms with E-state index < -0.39 is 0 Å². The molecule has 3 nitrogen and oxygen atoms in total. The molecule has 2 fully saturated rings. The largest absolute Gasteiger partial charge is 0.490 e. The highest BCUT2D eigenvalue weighted by Gasteiger charge is 2.24. The molecule has 0 saturated heterocycles. The average molecular weight is 397 g/mol. The van der Waals surface area contributed by atoms with Crippen LogP contribution < -0.4 is 4.74 Å². The molecule has 2 aliphatic carbocycles. The molecule has 0 bridgehead atoms. The third kappa shape index (κ3) is 6.76. The Labute approximate surface area is 176 Å². The van der Waals surface area contributed by atoms with Crippen molar-refractivity contribution < 1.29 is 14.3 Å². The fourth-order valence-corrected chi connectivity index (χ4v) is 4.69. The van der Waals surface area contributed by atoms with Gasteiger partial charge in [-0.05, 0) is 107 Å². The monoisotopic (exact) mass is 396 g/mol. The van der Waals surface area contributed by atoms with Crippen molar-refractivity contribution in [1.29, 1.82) is 0 Å². The Balaban J connectivity index is 1.41. The van der Waals surface area contributed by atoms with Crippen LogP contribution >= 0.6 is 0 Å². The Hall–Kier alpha value is -2.03. The van der Waals surface area contributed by atoms with Gasteiger partial charge < -0.3 is 9.47 Å². The summed E-state index contributed by atoms with van der Waals surface area (Å²) in [5, 5.41) is 0. The molecule has 0 spiro atoms. The van der Waals surface area contributed by atoms with Gasteiger partial charge in [0.05, 0.1) is 11.7 Å². The van der Waals surface area contributed by atoms with Crippen LogP contribution in [0, 0.1) is 11.8 Å². The highest BCUT2D eigenvalue weighted by atomic mass is 16.5. The second-order valence-corrected chi connectivity index (χ2v) is 8.72. The summed E-state index contributed by atoms with van der Waals surface area (Å²) in [4.78, 5) is 12.5. The lowest BCUT2D eigenvalue weighted by molar-refractivity contribution is 0.0162. The van der Waals surface area contributed by atoms with Crippen LogP contribution in [0.15, 0.2) is 49.6 Å². The first-order chi connectivity index (χ1) is 14.2. The zero-order valence-electron chi connectivity index (χ0n) is 17.7. The van der Waals surface area contributed by atoms with Crippen LogP contribution in [0.4, 0.5) is 0 Å². The molecule has 0 radical (unpaired) electrons. The standard InChI is InChI=1S/C26H36O3/c1-3-5-7-21-10-16-25(17-11-21)29-26(27)22-12-18-24(19-13-22)28-23-14-8-20(6-4-2)9-15-23/h3-4,12-13,18-21,23,25H,1-2,5-11,14-17H2. The van der Waals surface area contributed by atoms with Crippen molar-refractivity contribution >= 4 is 5.97 Å². The topological polar surface area (TPSA) is 35.5 Å². The smallest absolute Gasteiger partial charge is 0.338 e. The van der Waals surface area contributed by atoms with Crippen LogP contribution in [0.3, 0.4) is 0 Å². The Morgan fingerprint density at radius 3 is 2.10 bits per heavy atom. The zero-order chi connectivity index (χ0) is 20.5. The first-order valence-corrected chi connectivity index (χ1v) is 11.4. The second-order valence-electron chi connectivity index (χ2n) is 8.72. The maximum Gasteiger partial charge on any atom is 0.338 e. The summed E-state index contributed by atoms with van der Waals surface area (Å²) in [6, 6.07) is 7.46. The Morgan fingerprint density at radius 2 is 1.48 bits per heavy atom. The lowest BCUT2D eigenvalue weighted by Crippen LogP contribution is -2.25. The molecule has 1 aromatic rings. The van der Waals surface area contributed by atoms with Crippen molar-refractivity contribution in [3.8, 4) is 5.75 Å². The molecule has 0 amide bonds. The lowest BCUT2D eigenvalue weighted by atomic mass is 9.84. The van der Waals surface area contributed by atoms with Crippen molar-refractivity contribution in [2.75, 3.05) is 0 Å². The number of allylic oxidation sites excluding steroid dienone is 2. The molecule has 3 heteroatoms. The van der Waals surface area contributed by atoms with Gasteiger partial charge in [-0.15, -0.1) is 13.2 Å². The molecule has 2 aliphatic rings. The maximum absolute atomic E-state index is 12.5. The van der Waals surface area contributed by atoms with Crippen molar-refractivity contribution in [2.24, 2.45) is 11.8 Å². The van der Waals surface area contributed by atoms with E-state index in [0.29, 0.717) is 5.56 Å². The summed E-state index contributed by atoms with van der Waals surface area (Å²) in [6.07, 6.45) is 16.6. The van der Waals surface area contributed by atoms with E-state index in [1.165, 1.54) is 19.3 Å². The number of hydrogen-bond acceptors (Lipinski definition) is 3. The molecule has 0 N–H and O–H groups in total. The van der Waals surface area contributed by atoms with E-state index in [-0.39, 0.29) is 18.2 Å². The average Bonchev–Trinajstić information content (AvgIpc) is 2.75. The number of benzene rings is 1. The highest BCUT2D eigenvalue weighted by Crippen LogP contribution is 2.31. The Bertz CT molecular complexity index is 647. The molecular weight excluding hydrogens is 360 g/mol. The summed E-state index contributed by atoms with van der Waals surface area (Å²) in [6.45, 7) is 7.64. The number of ether oxygens (including phenoxy) is 2. The van der Waals surface area contributed by atoms with E-state index in [9.17, 15) is 4.79 Å². The van der Waals surface area contributed by atoms with E-state index in [4.69, 9.17) is 9.47 Å². The minimum atomic E-state index is -0.212. The SMILES string of the molecule is C=CCCC1CCC(OC(=O)c2ccc(OC3CCC(CC=C)CC3)cc2)CC1. The van der Waals surface area contributed by atoms with Gasteiger partial charge in [0, 0.05) is 0 Å². The zero-order valence-corrected chi connectivity index (χ0v) is 17.7. The molecule has 0 unspecified atom stereocenters. The molecular formula is C26H36O3. The fraction of sp³-hybridized carbons (Fsp3) is 0.577. The first kappa shape index (κ1) is 21.7. The van der Waals surface area contributed by atoms with Gasteiger partial charge in [0.1, 0.15) is 11.9 Å². The molecule has 0 heterocycles. The summed E-state index contributed by atoms with van der Waals surface area (Å²) >= 11 is 0. The quantitative estimate of drug-likeness (QED) is 0.337. The number of carbonyl (C=O) groups excluding carboxylic acids is 1. The van der Waals surface area contributed by atoms with Crippen LogP contribution in [0.25, 0.3) is 0 Å². The number of carbonyl (C=O) groups is 1. The van der Waals surface area contributed by atoms with Crippen LogP contribution in [0.5, 0.6) is 5.75 Å². The van der Waals surface area contributed by atoms with Gasteiger partial charge in [0.2, 0.25) is 0 Å². The fourth-order valence-electron chi connectivity index (χ4n) is 4.69. The predicted molar refractivity (Wildman–Crippen MR) is 118 cm³/mol. The summed E-state index contributed by atoms with van der Waals surface area (Å²) < 4.78 is 11.9. The van der Waals surface area contributed by atoms with Gasteiger partial charge >= 0.3 is 5.97 Å². The molecule has 158 valence electrons. The molecule has 1 aromatic carbocycles. The van der Waals surface area contributed by atoms with Crippen molar-refractivity contribution in [1.82, 2.24) is 0 Å². The normalized spacial score (nSPS) is 27.0. The Kier molecular flexibility index (Phi) is 8.39. The minimum absolute atomic E-state index is 0.0594. The molecule has 0 aromatic heterocycles. The molecule has 0 atom stereocenters. The van der Waals surface area contributed by atoms with Gasteiger partial charge in [-0.3, -0.25) is 0 Å². The van der Waals surface area contributed by atoms with Gasteiger partial charge in [0.15, 0.2) is 0 Å². The van der Waals surface area contributed by atoms with E-state index in [1.807, 2.05) is 36.4 Å². The molecule has 2 saturated carbocycles. The van der Waals surface area contributed by atoms with Crippen molar-refractivity contribution in [3.05, 3.63) is 55.1 Å². The Morgan fingerprint density at radius 1 is 0.862 bits per heavy atom. The van der Waals surface area contributed by atoms with Gasteiger partial charge in [0.25, 0.3) is 0 Å². The van der Waals surface area contributed by atoms with E-state index in [0.717, 1.165) is 69.0 Å². The molecule has 0 aliphatic heterocycles. The van der Waals surface area contributed by atoms with Crippen LogP contribution in [-0.2, 0) is 4.74 Å². The third-order valence-electron chi connectivity index (χ3n) is 6.53. The highest BCUT2D eigenvalue weighted by molar-refractivity contribution is 5.89. The van der Waals surface area contributed by atoms with Crippen molar-refractivity contribution in [3.63, 3.8) is 0 Å². The summed E-state index contributed by atoms with van der Waals surface area (Å²) in [5.74, 6) is 2.15. The summed E-state index contributed by atoms with van der Waals surface area (Å²) in [7, 11) is 0. The van der Waals surface area contributed by atoms with Crippen LogP contribution in [-0.4, -0.2) is 18.2 Å². The van der Waals surface area contributed by atoms with Gasteiger partial charge in [-0.25, -0.2) is 4.79 Å². The number of esters is 1. The number of hydrogen-bond donors (Lipinski definition) is 0.